The summed E-state index contributed by atoms with van der Waals surface area (Å²) in [7, 11) is 0. The molecule has 0 atom stereocenters. The standard InChI is InChI=1S/C9H18B2/c1-4-10-6-2-7-11(5-1)9-3-8-10/h1-9H2. The molecule has 0 aromatic heterocycles. The monoisotopic (exact) mass is 148 g/mol. The van der Waals surface area contributed by atoms with Crippen LogP contribution in [-0.2, 0) is 0 Å². The molecule has 0 saturated carbocycles. The van der Waals surface area contributed by atoms with Gasteiger partial charge in [0.2, 0.25) is 0 Å². The van der Waals surface area contributed by atoms with E-state index in [1.54, 1.807) is 37.9 Å². The van der Waals surface area contributed by atoms with Gasteiger partial charge in [-0.05, 0) is 0 Å². The minimum absolute atomic E-state index is 1.12. The van der Waals surface area contributed by atoms with E-state index >= 15 is 0 Å². The first-order chi connectivity index (χ1) is 5.45. The predicted octanol–water partition coefficient (Wildman–Crippen LogP) is 3.17. The van der Waals surface area contributed by atoms with E-state index in [0.717, 1.165) is 13.4 Å². The molecule has 0 radical (unpaired) electrons. The van der Waals surface area contributed by atoms with Gasteiger partial charge in [0, 0.05) is 0 Å². The van der Waals surface area contributed by atoms with Crippen molar-refractivity contribution in [2.75, 3.05) is 0 Å². The van der Waals surface area contributed by atoms with Crippen LogP contribution in [0.1, 0.15) is 19.3 Å². The van der Waals surface area contributed by atoms with E-state index in [1.165, 1.54) is 19.3 Å². The molecule has 0 aromatic rings. The molecule has 3 fully saturated rings. The van der Waals surface area contributed by atoms with Crippen LogP contribution in [0.5, 0.6) is 0 Å². The maximum absolute atomic E-state index is 1.55. The largest absolute Gasteiger partial charge is 0.139 e. The maximum Gasteiger partial charge on any atom is 0.139 e. The fraction of sp³-hybridized carbons (Fsp3) is 1.00. The number of hydrogen-bond acceptors (Lipinski definition) is 0. The highest BCUT2D eigenvalue weighted by molar-refractivity contribution is 6.63. The molecule has 0 spiro atoms. The Morgan fingerprint density at radius 3 is 1.00 bits per heavy atom. The predicted molar refractivity (Wildman–Crippen MR) is 54.2 cm³/mol. The van der Waals surface area contributed by atoms with Crippen molar-refractivity contribution in [2.45, 2.75) is 57.2 Å². The number of rotatable bonds is 0. The van der Waals surface area contributed by atoms with Crippen molar-refractivity contribution < 1.29 is 0 Å². The highest BCUT2D eigenvalue weighted by Crippen LogP contribution is 2.29. The lowest BCUT2D eigenvalue weighted by Gasteiger charge is -2.25. The molecule has 0 nitrogen and oxygen atoms in total. The molecule has 0 amide bonds. The van der Waals surface area contributed by atoms with Gasteiger partial charge in [-0.1, -0.05) is 57.2 Å². The molecule has 0 N–H and O–H groups in total. The second-order valence-corrected chi connectivity index (χ2v) is 4.52. The highest BCUT2D eigenvalue weighted by Gasteiger charge is 2.24. The van der Waals surface area contributed by atoms with Crippen LogP contribution < -0.4 is 0 Å². The van der Waals surface area contributed by atoms with Crippen LogP contribution in [0.25, 0.3) is 0 Å². The number of hydrogen-bond donors (Lipinski definition) is 0. The fourth-order valence-corrected chi connectivity index (χ4v) is 2.95. The molecule has 2 heteroatoms. The molecular formula is C9H18B2. The van der Waals surface area contributed by atoms with E-state index in [4.69, 9.17) is 0 Å². The zero-order valence-electron chi connectivity index (χ0n) is 7.52. The third-order valence-corrected chi connectivity index (χ3v) is 3.67. The summed E-state index contributed by atoms with van der Waals surface area (Å²) in [5.41, 5.74) is 0. The molecule has 3 aliphatic heterocycles. The Balaban J connectivity index is 1.96. The summed E-state index contributed by atoms with van der Waals surface area (Å²) >= 11 is 0. The average molecular weight is 148 g/mol. The van der Waals surface area contributed by atoms with Gasteiger partial charge >= 0.3 is 0 Å². The van der Waals surface area contributed by atoms with Gasteiger partial charge in [0.15, 0.2) is 0 Å². The Kier molecular flexibility index (Phi) is 2.60. The molecule has 2 bridgehead atoms. The first-order valence-corrected chi connectivity index (χ1v) is 5.45. The lowest BCUT2D eigenvalue weighted by Crippen LogP contribution is -2.24. The topological polar surface area (TPSA) is 0 Å². The van der Waals surface area contributed by atoms with Crippen molar-refractivity contribution in [2.24, 2.45) is 0 Å². The minimum atomic E-state index is 1.12. The molecule has 11 heavy (non-hydrogen) atoms. The molecule has 60 valence electrons. The van der Waals surface area contributed by atoms with Crippen molar-refractivity contribution in [3.8, 4) is 0 Å². The second kappa shape index (κ2) is 3.69. The summed E-state index contributed by atoms with van der Waals surface area (Å²) in [4.78, 5) is 0. The van der Waals surface area contributed by atoms with Gasteiger partial charge in [0.25, 0.3) is 0 Å². The van der Waals surface area contributed by atoms with E-state index in [9.17, 15) is 0 Å². The minimum Gasteiger partial charge on any atom is -0.0748 e. The van der Waals surface area contributed by atoms with Crippen LogP contribution >= 0.6 is 0 Å². The summed E-state index contributed by atoms with van der Waals surface area (Å²) in [6.07, 6.45) is 13.9. The Labute approximate surface area is 71.3 Å². The SMILES string of the molecule is C1CB2CCCB(C1)CCC2. The van der Waals surface area contributed by atoms with E-state index in [1.807, 2.05) is 0 Å². The molecule has 3 heterocycles. The molecule has 0 unspecified atom stereocenters. The van der Waals surface area contributed by atoms with Crippen LogP contribution in [-0.4, -0.2) is 13.4 Å². The van der Waals surface area contributed by atoms with Crippen molar-refractivity contribution in [3.05, 3.63) is 0 Å². The zero-order chi connectivity index (χ0) is 7.52. The van der Waals surface area contributed by atoms with Crippen LogP contribution in [0.15, 0.2) is 0 Å². The van der Waals surface area contributed by atoms with E-state index in [-0.39, 0.29) is 0 Å². The first kappa shape index (κ1) is 7.76. The smallest absolute Gasteiger partial charge is 0.0748 e. The van der Waals surface area contributed by atoms with Crippen molar-refractivity contribution >= 4 is 13.4 Å². The molecule has 0 aromatic carbocycles. The van der Waals surface area contributed by atoms with Gasteiger partial charge < -0.3 is 0 Å². The zero-order valence-corrected chi connectivity index (χ0v) is 7.52. The van der Waals surface area contributed by atoms with E-state index in [2.05, 4.69) is 0 Å². The summed E-state index contributed by atoms with van der Waals surface area (Å²) in [6.45, 7) is 2.24. The van der Waals surface area contributed by atoms with Gasteiger partial charge in [0.05, 0.1) is 0 Å². The van der Waals surface area contributed by atoms with Gasteiger partial charge in [-0.15, -0.1) is 0 Å². The number of fused-ring (bicyclic) bond motifs is 6. The Bertz CT molecular complexity index is 89.0. The molecule has 0 aliphatic carbocycles. The van der Waals surface area contributed by atoms with Gasteiger partial charge in [-0.25, -0.2) is 0 Å². The van der Waals surface area contributed by atoms with E-state index in [0.29, 0.717) is 0 Å². The third-order valence-electron chi connectivity index (χ3n) is 3.67. The summed E-state index contributed by atoms with van der Waals surface area (Å²) in [5, 5.41) is 0. The Hall–Kier alpha value is 0.130. The molecule has 3 rings (SSSR count). The highest BCUT2D eigenvalue weighted by atomic mass is 14.0. The summed E-state index contributed by atoms with van der Waals surface area (Å²) in [6, 6.07) is 0. The molecule has 3 aliphatic rings. The van der Waals surface area contributed by atoms with Gasteiger partial charge in [-0.2, -0.15) is 0 Å². The molecular weight excluding hydrogens is 130 g/mol. The third kappa shape index (κ3) is 2.04. The summed E-state index contributed by atoms with van der Waals surface area (Å²) in [5.74, 6) is 0. The lowest BCUT2D eigenvalue weighted by molar-refractivity contribution is 0.863. The van der Waals surface area contributed by atoms with Crippen LogP contribution in [0.4, 0.5) is 0 Å². The van der Waals surface area contributed by atoms with Crippen molar-refractivity contribution in [1.82, 2.24) is 0 Å². The first-order valence-electron chi connectivity index (χ1n) is 5.45. The van der Waals surface area contributed by atoms with Crippen LogP contribution in [0, 0.1) is 0 Å². The van der Waals surface area contributed by atoms with Crippen molar-refractivity contribution in [3.63, 3.8) is 0 Å². The van der Waals surface area contributed by atoms with Gasteiger partial charge in [0.1, 0.15) is 13.4 Å². The normalized spacial score (nSPS) is 26.2. The quantitative estimate of drug-likeness (QED) is 0.462. The Morgan fingerprint density at radius 2 is 0.727 bits per heavy atom. The lowest BCUT2D eigenvalue weighted by atomic mass is 9.30. The van der Waals surface area contributed by atoms with Crippen LogP contribution in [0.2, 0.25) is 37.9 Å². The van der Waals surface area contributed by atoms with Crippen molar-refractivity contribution in [1.29, 1.82) is 0 Å². The van der Waals surface area contributed by atoms with E-state index < -0.39 is 0 Å². The summed E-state index contributed by atoms with van der Waals surface area (Å²) < 4.78 is 0. The van der Waals surface area contributed by atoms with Gasteiger partial charge in [-0.3, -0.25) is 0 Å². The fourth-order valence-electron chi connectivity index (χ4n) is 2.95. The Morgan fingerprint density at radius 1 is 0.455 bits per heavy atom. The maximum atomic E-state index is 1.55. The second-order valence-electron chi connectivity index (χ2n) is 4.52. The van der Waals surface area contributed by atoms with Crippen LogP contribution in [0.3, 0.4) is 0 Å². The molecule has 3 saturated heterocycles. The average Bonchev–Trinajstić information content (AvgIpc) is 1.80.